The topological polar surface area (TPSA) is 86.2 Å². The lowest BCUT2D eigenvalue weighted by Gasteiger charge is -2.24. The molecule has 0 bridgehead atoms. The van der Waals surface area contributed by atoms with Crippen molar-refractivity contribution in [3.8, 4) is 0 Å². The van der Waals surface area contributed by atoms with Crippen molar-refractivity contribution in [1.82, 2.24) is 25.5 Å². The van der Waals surface area contributed by atoms with Gasteiger partial charge in [-0.25, -0.2) is 4.98 Å². The molecule has 2 fully saturated rings. The van der Waals surface area contributed by atoms with Crippen molar-refractivity contribution in [3.05, 3.63) is 38.9 Å². The quantitative estimate of drug-likeness (QED) is 0.543. The Bertz CT molecular complexity index is 1070. The second-order valence-electron chi connectivity index (χ2n) is 8.26. The Morgan fingerprint density at radius 1 is 1.28 bits per heavy atom. The molecular formula is C21H26BrN5O2. The molecule has 1 unspecified atom stereocenters. The number of aromatic amines is 1. The van der Waals surface area contributed by atoms with Crippen LogP contribution in [0.4, 0.5) is 0 Å². The van der Waals surface area contributed by atoms with E-state index in [1.165, 1.54) is 12.8 Å². The molecule has 2 aromatic heterocycles. The molecule has 0 saturated carbocycles. The zero-order chi connectivity index (χ0) is 19.8. The summed E-state index contributed by atoms with van der Waals surface area (Å²) in [4.78, 5) is 22.5. The average Bonchev–Trinajstić information content (AvgIpc) is 3.32. The number of rotatable bonds is 5. The highest BCUT2D eigenvalue weighted by atomic mass is 79.9. The van der Waals surface area contributed by atoms with Gasteiger partial charge in [0.1, 0.15) is 16.9 Å². The van der Waals surface area contributed by atoms with Gasteiger partial charge in [-0.1, -0.05) is 15.9 Å². The van der Waals surface area contributed by atoms with Gasteiger partial charge in [0.05, 0.1) is 6.54 Å². The van der Waals surface area contributed by atoms with Gasteiger partial charge in [-0.2, -0.15) is 0 Å². The van der Waals surface area contributed by atoms with E-state index in [0.717, 1.165) is 54.9 Å². The first-order valence-corrected chi connectivity index (χ1v) is 11.2. The fraction of sp³-hybridized carbons (Fsp3) is 0.524. The second kappa shape index (κ2) is 8.18. The van der Waals surface area contributed by atoms with Crippen molar-refractivity contribution < 1.29 is 4.42 Å². The third-order valence-electron chi connectivity index (χ3n) is 6.13. The fourth-order valence-corrected chi connectivity index (χ4v) is 4.88. The number of halogens is 1. The normalized spacial score (nSPS) is 21.5. The minimum absolute atomic E-state index is 0.211. The summed E-state index contributed by atoms with van der Waals surface area (Å²) in [6.45, 7) is 6.05. The number of H-pyrrole nitrogens is 1. The van der Waals surface area contributed by atoms with Gasteiger partial charge in [0.2, 0.25) is 5.58 Å². The van der Waals surface area contributed by atoms with E-state index in [0.29, 0.717) is 35.1 Å². The largest absolute Gasteiger partial charge is 0.449 e. The molecule has 2 aliphatic rings. The number of likely N-dealkylation sites (tertiary alicyclic amines) is 1. The Kier molecular flexibility index (Phi) is 5.43. The van der Waals surface area contributed by atoms with Crippen LogP contribution in [0.5, 0.6) is 0 Å². The Balaban J connectivity index is 1.27. The first kappa shape index (κ1) is 19.2. The van der Waals surface area contributed by atoms with Crippen LogP contribution in [0, 0.1) is 5.92 Å². The summed E-state index contributed by atoms with van der Waals surface area (Å²) in [6.07, 6.45) is 3.67. The van der Waals surface area contributed by atoms with E-state index in [1.807, 2.05) is 18.2 Å². The van der Waals surface area contributed by atoms with Crippen LogP contribution in [0.1, 0.15) is 25.1 Å². The van der Waals surface area contributed by atoms with Gasteiger partial charge in [-0.15, -0.1) is 0 Å². The van der Waals surface area contributed by atoms with E-state index in [9.17, 15) is 4.79 Å². The van der Waals surface area contributed by atoms with Crippen molar-refractivity contribution in [2.45, 2.75) is 31.8 Å². The number of nitrogens with one attached hydrogen (secondary N) is 3. The van der Waals surface area contributed by atoms with Crippen LogP contribution in [0.3, 0.4) is 0 Å². The molecule has 3 aromatic rings. The predicted molar refractivity (Wildman–Crippen MR) is 117 cm³/mol. The molecule has 2 aliphatic heterocycles. The van der Waals surface area contributed by atoms with Crippen LogP contribution < -0.4 is 16.2 Å². The van der Waals surface area contributed by atoms with Crippen LogP contribution >= 0.6 is 15.9 Å². The monoisotopic (exact) mass is 459 g/mol. The van der Waals surface area contributed by atoms with Crippen molar-refractivity contribution in [2.75, 3.05) is 32.7 Å². The summed E-state index contributed by atoms with van der Waals surface area (Å²) >= 11 is 3.49. The summed E-state index contributed by atoms with van der Waals surface area (Å²) < 4.78 is 6.66. The van der Waals surface area contributed by atoms with Gasteiger partial charge >= 0.3 is 0 Å². The summed E-state index contributed by atoms with van der Waals surface area (Å²) in [6, 6.07) is 6.24. The third-order valence-corrected chi connectivity index (χ3v) is 6.63. The summed E-state index contributed by atoms with van der Waals surface area (Å²) in [5, 5.41) is 8.04. The molecule has 0 amide bonds. The number of benzene rings is 1. The Hall–Kier alpha value is -1.74. The zero-order valence-electron chi connectivity index (χ0n) is 16.3. The molecule has 0 radical (unpaired) electrons. The van der Waals surface area contributed by atoms with Crippen LogP contribution in [-0.2, 0) is 6.54 Å². The Labute approximate surface area is 177 Å². The molecule has 29 heavy (non-hydrogen) atoms. The minimum Gasteiger partial charge on any atom is -0.449 e. The average molecular weight is 460 g/mol. The molecule has 1 aromatic carbocycles. The standard InChI is InChI=1S/C21H26BrN5O2/c22-14-1-2-17-16(9-14)19-20(29-17)21(28)26-18(25-19)12-27-8-5-15(11-27)24-10-13-3-6-23-7-4-13/h1-2,9,13,15,23-24H,3-8,10-12H2,(H,25,26,28). The maximum atomic E-state index is 12.5. The maximum Gasteiger partial charge on any atom is 0.294 e. The molecule has 5 rings (SSSR count). The highest BCUT2D eigenvalue weighted by molar-refractivity contribution is 9.10. The van der Waals surface area contributed by atoms with Crippen LogP contribution in [0.25, 0.3) is 22.1 Å². The maximum absolute atomic E-state index is 12.5. The molecule has 8 heteroatoms. The number of hydrogen-bond acceptors (Lipinski definition) is 6. The first-order valence-electron chi connectivity index (χ1n) is 10.4. The summed E-state index contributed by atoms with van der Waals surface area (Å²) in [5.74, 6) is 1.49. The van der Waals surface area contributed by atoms with Crippen molar-refractivity contribution in [2.24, 2.45) is 5.92 Å². The highest BCUT2D eigenvalue weighted by Gasteiger charge is 2.24. The van der Waals surface area contributed by atoms with E-state index in [1.54, 1.807) is 0 Å². The number of nitrogens with zero attached hydrogens (tertiary/aromatic N) is 2. The highest BCUT2D eigenvalue weighted by Crippen LogP contribution is 2.28. The van der Waals surface area contributed by atoms with E-state index in [-0.39, 0.29) is 5.56 Å². The molecule has 0 spiro atoms. The molecule has 7 nitrogen and oxygen atoms in total. The molecule has 3 N–H and O–H groups in total. The second-order valence-corrected chi connectivity index (χ2v) is 9.17. The zero-order valence-corrected chi connectivity index (χ0v) is 17.9. The lowest BCUT2D eigenvalue weighted by Crippen LogP contribution is -2.39. The number of fused-ring (bicyclic) bond motifs is 3. The van der Waals surface area contributed by atoms with Crippen molar-refractivity contribution in [3.63, 3.8) is 0 Å². The SMILES string of the molecule is O=c1[nH]c(CN2CCC(NCC3CCNCC3)C2)nc2c1oc1ccc(Br)cc12. The molecular weight excluding hydrogens is 434 g/mol. The van der Waals surface area contributed by atoms with Gasteiger partial charge in [0.25, 0.3) is 5.56 Å². The fourth-order valence-electron chi connectivity index (χ4n) is 4.52. The Morgan fingerprint density at radius 2 is 2.14 bits per heavy atom. The molecule has 0 aliphatic carbocycles. The van der Waals surface area contributed by atoms with Gasteiger partial charge in [-0.05, 0) is 63.0 Å². The van der Waals surface area contributed by atoms with E-state index in [2.05, 4.69) is 36.4 Å². The van der Waals surface area contributed by atoms with Gasteiger partial charge in [-0.3, -0.25) is 9.69 Å². The minimum atomic E-state index is -0.211. The van der Waals surface area contributed by atoms with Crippen LogP contribution in [-0.4, -0.2) is 53.6 Å². The number of hydrogen-bond donors (Lipinski definition) is 3. The number of furan rings is 1. The number of piperidine rings is 1. The summed E-state index contributed by atoms with van der Waals surface area (Å²) in [5.41, 5.74) is 1.41. The van der Waals surface area contributed by atoms with Gasteiger partial charge in [0, 0.05) is 29.0 Å². The molecule has 4 heterocycles. The van der Waals surface area contributed by atoms with Gasteiger partial charge < -0.3 is 20.0 Å². The molecule has 154 valence electrons. The van der Waals surface area contributed by atoms with E-state index >= 15 is 0 Å². The lowest BCUT2D eigenvalue weighted by atomic mass is 9.98. The molecule has 2 saturated heterocycles. The van der Waals surface area contributed by atoms with E-state index in [4.69, 9.17) is 9.40 Å². The first-order chi connectivity index (χ1) is 14.2. The number of aromatic nitrogens is 2. The summed E-state index contributed by atoms with van der Waals surface area (Å²) in [7, 11) is 0. The lowest BCUT2D eigenvalue weighted by molar-refractivity contribution is 0.301. The Morgan fingerprint density at radius 3 is 3.00 bits per heavy atom. The van der Waals surface area contributed by atoms with Crippen LogP contribution in [0.2, 0.25) is 0 Å². The predicted octanol–water partition coefficient (Wildman–Crippen LogP) is 2.60. The third kappa shape index (κ3) is 4.12. The van der Waals surface area contributed by atoms with Gasteiger partial charge in [0.15, 0.2) is 0 Å². The van der Waals surface area contributed by atoms with E-state index < -0.39 is 0 Å². The smallest absolute Gasteiger partial charge is 0.294 e. The van der Waals surface area contributed by atoms with Crippen molar-refractivity contribution in [1.29, 1.82) is 0 Å². The van der Waals surface area contributed by atoms with Crippen molar-refractivity contribution >= 4 is 38.0 Å². The molecule has 1 atom stereocenters. The van der Waals surface area contributed by atoms with Crippen LogP contribution in [0.15, 0.2) is 31.9 Å².